The van der Waals surface area contributed by atoms with Crippen LogP contribution in [0.1, 0.15) is 18.4 Å². The molecule has 2 aromatic heterocycles. The molecule has 112 valence electrons. The summed E-state index contributed by atoms with van der Waals surface area (Å²) in [5.74, 6) is 1.39. The molecule has 0 N–H and O–H groups in total. The first-order valence-electron chi connectivity index (χ1n) is 6.59. The fourth-order valence-corrected chi connectivity index (χ4v) is 3.68. The zero-order valence-corrected chi connectivity index (χ0v) is 12.3. The number of hydrogen-bond acceptors (Lipinski definition) is 7. The quantitative estimate of drug-likeness (QED) is 0.805. The highest BCUT2D eigenvalue weighted by molar-refractivity contribution is 7.91. The van der Waals surface area contributed by atoms with Gasteiger partial charge in [-0.2, -0.15) is 5.10 Å². The predicted molar refractivity (Wildman–Crippen MR) is 74.0 cm³/mol. The standard InChI is InChI=1S/C12H15N5O3S/c1-9-11(17-8-13-6-16-17)14-7-15-12(9)20-10-2-4-21(18,19)5-3-10/h6-8,10H,2-5H2,1H3. The van der Waals surface area contributed by atoms with Crippen molar-refractivity contribution in [3.05, 3.63) is 24.5 Å². The molecule has 1 saturated heterocycles. The van der Waals surface area contributed by atoms with Gasteiger partial charge in [0, 0.05) is 0 Å². The Hall–Kier alpha value is -2.03. The average molecular weight is 309 g/mol. The second kappa shape index (κ2) is 5.40. The first-order chi connectivity index (χ1) is 10.1. The third kappa shape index (κ3) is 3.02. The van der Waals surface area contributed by atoms with Gasteiger partial charge in [0.25, 0.3) is 0 Å². The summed E-state index contributed by atoms with van der Waals surface area (Å²) in [7, 11) is -2.90. The van der Waals surface area contributed by atoms with E-state index in [1.807, 2.05) is 6.92 Å². The Labute approximate surface area is 122 Å². The lowest BCUT2D eigenvalue weighted by Crippen LogP contribution is -2.31. The highest BCUT2D eigenvalue weighted by Crippen LogP contribution is 2.23. The molecule has 0 aromatic carbocycles. The first-order valence-corrected chi connectivity index (χ1v) is 8.41. The summed E-state index contributed by atoms with van der Waals surface area (Å²) in [6.45, 7) is 1.84. The van der Waals surface area contributed by atoms with Crippen molar-refractivity contribution in [1.82, 2.24) is 24.7 Å². The number of nitrogens with zero attached hydrogens (tertiary/aromatic N) is 5. The summed E-state index contributed by atoms with van der Waals surface area (Å²) in [5.41, 5.74) is 0.747. The molecule has 0 saturated carbocycles. The maximum Gasteiger partial charge on any atom is 0.221 e. The molecular formula is C12H15N5O3S. The van der Waals surface area contributed by atoms with Gasteiger partial charge in [0.2, 0.25) is 5.88 Å². The monoisotopic (exact) mass is 309 g/mol. The minimum absolute atomic E-state index is 0.134. The molecule has 8 nitrogen and oxygen atoms in total. The van der Waals surface area contributed by atoms with E-state index in [-0.39, 0.29) is 17.6 Å². The lowest BCUT2D eigenvalue weighted by atomic mass is 10.2. The van der Waals surface area contributed by atoms with Crippen molar-refractivity contribution in [3.8, 4) is 11.7 Å². The smallest absolute Gasteiger partial charge is 0.221 e. The van der Waals surface area contributed by atoms with Crippen LogP contribution in [0.15, 0.2) is 19.0 Å². The number of ether oxygens (including phenoxy) is 1. The molecule has 0 bridgehead atoms. The van der Waals surface area contributed by atoms with Crippen molar-refractivity contribution >= 4 is 9.84 Å². The van der Waals surface area contributed by atoms with E-state index in [0.29, 0.717) is 24.5 Å². The minimum Gasteiger partial charge on any atom is -0.474 e. The van der Waals surface area contributed by atoms with Crippen LogP contribution in [0.25, 0.3) is 5.82 Å². The van der Waals surface area contributed by atoms with Crippen LogP contribution < -0.4 is 4.74 Å². The molecule has 9 heteroatoms. The summed E-state index contributed by atoms with van der Waals surface area (Å²) < 4.78 is 30.2. The van der Waals surface area contributed by atoms with Crippen LogP contribution in [-0.2, 0) is 9.84 Å². The third-order valence-electron chi connectivity index (χ3n) is 3.43. The van der Waals surface area contributed by atoms with Crippen molar-refractivity contribution in [2.75, 3.05) is 11.5 Å². The van der Waals surface area contributed by atoms with Crippen molar-refractivity contribution in [3.63, 3.8) is 0 Å². The zero-order valence-electron chi connectivity index (χ0n) is 11.5. The first kappa shape index (κ1) is 13.9. The largest absolute Gasteiger partial charge is 0.474 e. The van der Waals surface area contributed by atoms with Gasteiger partial charge in [0.15, 0.2) is 15.7 Å². The van der Waals surface area contributed by atoms with Crippen molar-refractivity contribution < 1.29 is 13.2 Å². The van der Waals surface area contributed by atoms with Gasteiger partial charge < -0.3 is 4.74 Å². The number of sulfone groups is 1. The summed E-state index contributed by atoms with van der Waals surface area (Å²) in [6.07, 6.45) is 5.22. The maximum absolute atomic E-state index is 11.4. The zero-order chi connectivity index (χ0) is 14.9. The van der Waals surface area contributed by atoms with Crippen LogP contribution in [0.2, 0.25) is 0 Å². The average Bonchev–Trinajstić information content (AvgIpc) is 2.97. The highest BCUT2D eigenvalue weighted by Gasteiger charge is 2.26. The van der Waals surface area contributed by atoms with Gasteiger partial charge >= 0.3 is 0 Å². The van der Waals surface area contributed by atoms with Crippen LogP contribution in [-0.4, -0.2) is 50.8 Å². The van der Waals surface area contributed by atoms with E-state index >= 15 is 0 Å². The Kier molecular flexibility index (Phi) is 3.58. The number of hydrogen-bond donors (Lipinski definition) is 0. The summed E-state index contributed by atoms with van der Waals surface area (Å²) in [6, 6.07) is 0. The Bertz CT molecular complexity index is 715. The van der Waals surface area contributed by atoms with Crippen LogP contribution in [0, 0.1) is 6.92 Å². The fraction of sp³-hybridized carbons (Fsp3) is 0.500. The number of rotatable bonds is 3. The molecule has 0 radical (unpaired) electrons. The van der Waals surface area contributed by atoms with E-state index in [1.54, 1.807) is 6.33 Å². The van der Waals surface area contributed by atoms with Crippen LogP contribution in [0.5, 0.6) is 5.88 Å². The highest BCUT2D eigenvalue weighted by atomic mass is 32.2. The Morgan fingerprint density at radius 1 is 1.24 bits per heavy atom. The molecule has 1 aliphatic heterocycles. The molecule has 21 heavy (non-hydrogen) atoms. The maximum atomic E-state index is 11.4. The van der Waals surface area contributed by atoms with E-state index in [4.69, 9.17) is 4.74 Å². The lowest BCUT2D eigenvalue weighted by Gasteiger charge is -2.23. The van der Waals surface area contributed by atoms with E-state index in [2.05, 4.69) is 20.1 Å². The Balaban J connectivity index is 1.79. The van der Waals surface area contributed by atoms with Gasteiger partial charge in [-0.05, 0) is 19.8 Å². The molecule has 3 rings (SSSR count). The molecule has 3 heterocycles. The molecular weight excluding hydrogens is 294 g/mol. The topological polar surface area (TPSA) is 99.9 Å². The van der Waals surface area contributed by atoms with Gasteiger partial charge in [-0.25, -0.2) is 28.1 Å². The van der Waals surface area contributed by atoms with E-state index in [9.17, 15) is 8.42 Å². The van der Waals surface area contributed by atoms with E-state index in [1.165, 1.54) is 17.3 Å². The number of aromatic nitrogens is 5. The molecule has 1 fully saturated rings. The van der Waals surface area contributed by atoms with Crippen LogP contribution >= 0.6 is 0 Å². The summed E-state index contributed by atoms with van der Waals surface area (Å²) in [4.78, 5) is 12.2. The van der Waals surface area contributed by atoms with Gasteiger partial charge in [0.1, 0.15) is 25.1 Å². The van der Waals surface area contributed by atoms with Gasteiger partial charge in [0.05, 0.1) is 17.1 Å². The summed E-state index contributed by atoms with van der Waals surface area (Å²) >= 11 is 0. The summed E-state index contributed by atoms with van der Waals surface area (Å²) in [5, 5.41) is 4.03. The minimum atomic E-state index is -2.90. The van der Waals surface area contributed by atoms with Crippen molar-refractivity contribution in [2.24, 2.45) is 0 Å². The van der Waals surface area contributed by atoms with Crippen LogP contribution in [0.3, 0.4) is 0 Å². The van der Waals surface area contributed by atoms with Crippen LogP contribution in [0.4, 0.5) is 0 Å². The molecule has 0 spiro atoms. The van der Waals surface area contributed by atoms with Gasteiger partial charge in [-0.3, -0.25) is 0 Å². The van der Waals surface area contributed by atoms with Crippen molar-refractivity contribution in [1.29, 1.82) is 0 Å². The second-order valence-electron chi connectivity index (χ2n) is 4.94. The predicted octanol–water partition coefficient (Wildman–Crippen LogP) is 0.322. The van der Waals surface area contributed by atoms with E-state index in [0.717, 1.165) is 5.56 Å². The fourth-order valence-electron chi connectivity index (χ4n) is 2.24. The lowest BCUT2D eigenvalue weighted by molar-refractivity contribution is 0.180. The SMILES string of the molecule is Cc1c(OC2CCS(=O)(=O)CC2)ncnc1-n1cncn1. The van der Waals surface area contributed by atoms with Gasteiger partial charge in [-0.15, -0.1) is 0 Å². The Morgan fingerprint density at radius 2 is 2.00 bits per heavy atom. The normalized spacial score (nSPS) is 18.5. The third-order valence-corrected chi connectivity index (χ3v) is 5.14. The Morgan fingerprint density at radius 3 is 2.67 bits per heavy atom. The van der Waals surface area contributed by atoms with E-state index < -0.39 is 9.84 Å². The molecule has 2 aromatic rings. The van der Waals surface area contributed by atoms with Crippen molar-refractivity contribution in [2.45, 2.75) is 25.9 Å². The van der Waals surface area contributed by atoms with Gasteiger partial charge in [-0.1, -0.05) is 0 Å². The second-order valence-corrected chi connectivity index (χ2v) is 7.24. The molecule has 0 unspecified atom stereocenters. The molecule has 1 aliphatic rings. The molecule has 0 atom stereocenters. The molecule has 0 amide bonds. The molecule has 0 aliphatic carbocycles.